The molecule has 0 atom stereocenters. The number of carbonyl (C=O) groups is 1. The van der Waals surface area contributed by atoms with Gasteiger partial charge >= 0.3 is 6.18 Å². The van der Waals surface area contributed by atoms with E-state index in [4.69, 9.17) is 9.47 Å². The summed E-state index contributed by atoms with van der Waals surface area (Å²) in [7, 11) is 3.36. The molecule has 0 aromatic heterocycles. The number of hydrogen-bond acceptors (Lipinski definition) is 4. The van der Waals surface area contributed by atoms with Crippen molar-refractivity contribution in [2.75, 3.05) is 31.1 Å². The van der Waals surface area contributed by atoms with Gasteiger partial charge in [0.1, 0.15) is 0 Å². The van der Waals surface area contributed by atoms with Gasteiger partial charge in [-0.15, -0.1) is 0 Å². The molecule has 3 rings (SSSR count). The average molecular weight is 378 g/mol. The standard InChI is InChI=1S/C19H17F3N2O3/c1-24(2)15-6-5-13(19(20,21)22)10-14(15)23-18(25)8-4-12-3-7-16-17(9-12)27-11-26-16/h3-10H,11H2,1-2H3,(H,23,25)/b8-4+. The Balaban J connectivity index is 1.78. The number of nitrogens with one attached hydrogen (secondary N) is 1. The second kappa shape index (κ2) is 7.22. The van der Waals surface area contributed by atoms with Crippen molar-refractivity contribution >= 4 is 23.4 Å². The first-order chi connectivity index (χ1) is 12.7. The van der Waals surface area contributed by atoms with Gasteiger partial charge in [-0.05, 0) is 42.0 Å². The molecule has 0 radical (unpaired) electrons. The van der Waals surface area contributed by atoms with Gasteiger partial charge in [0.15, 0.2) is 11.5 Å². The fraction of sp³-hybridized carbons (Fsp3) is 0.211. The van der Waals surface area contributed by atoms with Crippen LogP contribution >= 0.6 is 0 Å². The Hall–Kier alpha value is -3.16. The van der Waals surface area contributed by atoms with Gasteiger partial charge in [0, 0.05) is 20.2 Å². The van der Waals surface area contributed by atoms with Crippen LogP contribution in [0.4, 0.5) is 24.5 Å². The first-order valence-corrected chi connectivity index (χ1v) is 8.01. The maximum absolute atomic E-state index is 13.0. The number of fused-ring (bicyclic) bond motifs is 1. The summed E-state index contributed by atoms with van der Waals surface area (Å²) in [6.45, 7) is 0.145. The van der Waals surface area contributed by atoms with Crippen molar-refractivity contribution in [3.8, 4) is 11.5 Å². The number of hydrogen-bond donors (Lipinski definition) is 1. The summed E-state index contributed by atoms with van der Waals surface area (Å²) in [5.74, 6) is 0.650. The highest BCUT2D eigenvalue weighted by molar-refractivity contribution is 6.03. The quantitative estimate of drug-likeness (QED) is 0.812. The Morgan fingerprint density at radius 2 is 1.85 bits per heavy atom. The molecular formula is C19H17F3N2O3. The topological polar surface area (TPSA) is 50.8 Å². The highest BCUT2D eigenvalue weighted by atomic mass is 19.4. The summed E-state index contributed by atoms with van der Waals surface area (Å²) >= 11 is 0. The van der Waals surface area contributed by atoms with Crippen LogP contribution in [-0.2, 0) is 11.0 Å². The first-order valence-electron chi connectivity index (χ1n) is 8.01. The molecular weight excluding hydrogens is 361 g/mol. The zero-order valence-electron chi connectivity index (χ0n) is 14.6. The van der Waals surface area contributed by atoms with Crippen molar-refractivity contribution in [2.24, 2.45) is 0 Å². The summed E-state index contributed by atoms with van der Waals surface area (Å²) in [6, 6.07) is 8.39. The number of nitrogens with zero attached hydrogens (tertiary/aromatic N) is 1. The first kappa shape index (κ1) is 18.6. The number of carbonyl (C=O) groups excluding carboxylic acids is 1. The molecule has 142 valence electrons. The van der Waals surface area contributed by atoms with Crippen LogP contribution in [0.3, 0.4) is 0 Å². The molecule has 0 unspecified atom stereocenters. The molecule has 27 heavy (non-hydrogen) atoms. The summed E-state index contributed by atoms with van der Waals surface area (Å²) < 4.78 is 49.3. The van der Waals surface area contributed by atoms with E-state index in [1.807, 2.05) is 0 Å². The molecule has 1 amide bonds. The van der Waals surface area contributed by atoms with Crippen molar-refractivity contribution in [3.63, 3.8) is 0 Å². The number of benzene rings is 2. The van der Waals surface area contributed by atoms with E-state index < -0.39 is 17.6 Å². The normalized spacial score (nSPS) is 13.1. The second-order valence-electron chi connectivity index (χ2n) is 6.06. The van der Waals surface area contributed by atoms with Crippen molar-refractivity contribution in [3.05, 3.63) is 53.6 Å². The Morgan fingerprint density at radius 3 is 2.56 bits per heavy atom. The molecule has 2 aromatic carbocycles. The maximum Gasteiger partial charge on any atom is 0.416 e. The predicted octanol–water partition coefficient (Wildman–Crippen LogP) is 4.15. The molecule has 1 N–H and O–H groups in total. The number of halogens is 3. The minimum Gasteiger partial charge on any atom is -0.454 e. The van der Waals surface area contributed by atoms with Crippen LogP contribution in [0, 0.1) is 0 Å². The lowest BCUT2D eigenvalue weighted by atomic mass is 10.1. The van der Waals surface area contributed by atoms with E-state index in [0.717, 1.165) is 12.1 Å². The Bertz CT molecular complexity index is 892. The summed E-state index contributed by atoms with van der Waals surface area (Å²) in [4.78, 5) is 13.8. The highest BCUT2D eigenvalue weighted by Crippen LogP contribution is 2.35. The number of alkyl halides is 3. The molecule has 0 fully saturated rings. The molecule has 0 saturated carbocycles. The Kier molecular flexibility index (Phi) is 4.98. The molecule has 1 aliphatic rings. The van der Waals surface area contributed by atoms with Gasteiger partial charge in [-0.2, -0.15) is 13.2 Å². The molecule has 0 saturated heterocycles. The van der Waals surface area contributed by atoms with Crippen LogP contribution in [0.2, 0.25) is 0 Å². The second-order valence-corrected chi connectivity index (χ2v) is 6.06. The summed E-state index contributed by atoms with van der Waals surface area (Å²) in [5, 5.41) is 2.50. The van der Waals surface area contributed by atoms with E-state index in [1.54, 1.807) is 43.3 Å². The van der Waals surface area contributed by atoms with Gasteiger partial charge in [0.25, 0.3) is 0 Å². The van der Waals surface area contributed by atoms with Crippen molar-refractivity contribution in [1.82, 2.24) is 0 Å². The van der Waals surface area contributed by atoms with Crippen LogP contribution in [0.1, 0.15) is 11.1 Å². The van der Waals surface area contributed by atoms with Crippen molar-refractivity contribution < 1.29 is 27.4 Å². The smallest absolute Gasteiger partial charge is 0.416 e. The third-order valence-electron chi connectivity index (χ3n) is 3.89. The molecule has 2 aromatic rings. The largest absolute Gasteiger partial charge is 0.454 e. The lowest BCUT2D eigenvalue weighted by Crippen LogP contribution is -2.16. The monoisotopic (exact) mass is 378 g/mol. The molecule has 8 heteroatoms. The third-order valence-corrected chi connectivity index (χ3v) is 3.89. The van der Waals surface area contributed by atoms with Gasteiger partial charge in [-0.3, -0.25) is 4.79 Å². The lowest BCUT2D eigenvalue weighted by Gasteiger charge is -2.19. The van der Waals surface area contributed by atoms with Crippen LogP contribution in [0.5, 0.6) is 11.5 Å². The SMILES string of the molecule is CN(C)c1ccc(C(F)(F)F)cc1NC(=O)/C=C/c1ccc2c(c1)OCO2. The number of anilines is 2. The van der Waals surface area contributed by atoms with E-state index in [9.17, 15) is 18.0 Å². The fourth-order valence-corrected chi connectivity index (χ4v) is 2.57. The van der Waals surface area contributed by atoms with E-state index in [-0.39, 0.29) is 12.5 Å². The average Bonchev–Trinajstić information content (AvgIpc) is 3.06. The fourth-order valence-electron chi connectivity index (χ4n) is 2.57. The molecule has 1 heterocycles. The molecule has 1 aliphatic heterocycles. The van der Waals surface area contributed by atoms with E-state index in [2.05, 4.69) is 5.32 Å². The van der Waals surface area contributed by atoms with Crippen LogP contribution in [0.25, 0.3) is 6.08 Å². The van der Waals surface area contributed by atoms with Crippen LogP contribution in [0.15, 0.2) is 42.5 Å². The highest BCUT2D eigenvalue weighted by Gasteiger charge is 2.31. The van der Waals surface area contributed by atoms with Crippen LogP contribution in [-0.4, -0.2) is 26.8 Å². The van der Waals surface area contributed by atoms with Gasteiger partial charge < -0.3 is 19.7 Å². The zero-order valence-corrected chi connectivity index (χ0v) is 14.6. The van der Waals surface area contributed by atoms with Gasteiger partial charge in [-0.1, -0.05) is 6.07 Å². The number of amides is 1. The summed E-state index contributed by atoms with van der Waals surface area (Å²) in [6.07, 6.45) is -1.70. The minimum absolute atomic E-state index is 0.0789. The number of rotatable bonds is 4. The van der Waals surface area contributed by atoms with E-state index in [0.29, 0.717) is 22.7 Å². The summed E-state index contributed by atoms with van der Waals surface area (Å²) in [5.41, 5.74) is 0.414. The van der Waals surface area contributed by atoms with Gasteiger partial charge in [0.2, 0.25) is 12.7 Å². The van der Waals surface area contributed by atoms with Crippen LogP contribution < -0.4 is 19.7 Å². The molecule has 0 bridgehead atoms. The molecule has 5 nitrogen and oxygen atoms in total. The van der Waals surface area contributed by atoms with Gasteiger partial charge in [0.05, 0.1) is 16.9 Å². The maximum atomic E-state index is 13.0. The Morgan fingerprint density at radius 1 is 1.11 bits per heavy atom. The van der Waals surface area contributed by atoms with E-state index >= 15 is 0 Å². The molecule has 0 spiro atoms. The third kappa shape index (κ3) is 4.33. The molecule has 0 aliphatic carbocycles. The minimum atomic E-state index is -4.49. The van der Waals surface area contributed by atoms with Crippen molar-refractivity contribution in [1.29, 1.82) is 0 Å². The van der Waals surface area contributed by atoms with Crippen molar-refractivity contribution in [2.45, 2.75) is 6.18 Å². The lowest BCUT2D eigenvalue weighted by molar-refractivity contribution is -0.137. The van der Waals surface area contributed by atoms with Gasteiger partial charge in [-0.25, -0.2) is 0 Å². The predicted molar refractivity (Wildman–Crippen MR) is 96.0 cm³/mol. The Labute approximate surface area is 154 Å². The zero-order chi connectivity index (χ0) is 19.6. The van der Waals surface area contributed by atoms with E-state index in [1.165, 1.54) is 12.1 Å². The number of ether oxygens (including phenoxy) is 2.